The first kappa shape index (κ1) is 20.4. The van der Waals surface area contributed by atoms with Crippen LogP contribution in [0.5, 0.6) is 5.75 Å². The standard InChI is InChI=1S/C19H29N3O3S/c1-5-20-18(22-13-19(2)9-6-10-26-19)21-12-14-7-8-16(24-3)15(11-14)17(23)25-4/h7-8,11H,5-6,9-10,12-13H2,1-4H3,(H2,20,21,22). The summed E-state index contributed by atoms with van der Waals surface area (Å²) >= 11 is 2.02. The van der Waals surface area contributed by atoms with E-state index in [1.165, 1.54) is 32.8 Å². The first-order chi connectivity index (χ1) is 12.5. The molecule has 2 rings (SSSR count). The van der Waals surface area contributed by atoms with Crippen molar-refractivity contribution in [3.63, 3.8) is 0 Å². The summed E-state index contributed by atoms with van der Waals surface area (Å²) in [7, 11) is 2.90. The summed E-state index contributed by atoms with van der Waals surface area (Å²) in [5, 5.41) is 6.72. The lowest BCUT2D eigenvalue weighted by Gasteiger charge is -2.24. The third-order valence-corrected chi connectivity index (χ3v) is 5.90. The molecule has 0 aromatic heterocycles. The maximum atomic E-state index is 11.9. The number of thioether (sulfide) groups is 1. The van der Waals surface area contributed by atoms with Crippen LogP contribution < -0.4 is 15.4 Å². The molecule has 0 aliphatic carbocycles. The summed E-state index contributed by atoms with van der Waals surface area (Å²) < 4.78 is 10.3. The number of carbonyl (C=O) groups excluding carboxylic acids is 1. The van der Waals surface area contributed by atoms with Crippen molar-refractivity contribution in [2.75, 3.05) is 33.1 Å². The van der Waals surface area contributed by atoms with Crippen LogP contribution in [0.3, 0.4) is 0 Å². The van der Waals surface area contributed by atoms with Crippen molar-refractivity contribution in [3.05, 3.63) is 29.3 Å². The van der Waals surface area contributed by atoms with Gasteiger partial charge in [0.1, 0.15) is 11.3 Å². The Morgan fingerprint density at radius 1 is 1.35 bits per heavy atom. The number of benzene rings is 1. The second-order valence-corrected chi connectivity index (χ2v) is 8.16. The van der Waals surface area contributed by atoms with Gasteiger partial charge in [0.05, 0.1) is 20.8 Å². The van der Waals surface area contributed by atoms with E-state index < -0.39 is 5.97 Å². The molecule has 1 unspecified atom stereocenters. The van der Waals surface area contributed by atoms with Crippen molar-refractivity contribution < 1.29 is 14.3 Å². The zero-order valence-electron chi connectivity index (χ0n) is 16.1. The van der Waals surface area contributed by atoms with Crippen molar-refractivity contribution in [1.82, 2.24) is 10.6 Å². The summed E-state index contributed by atoms with van der Waals surface area (Å²) in [6, 6.07) is 5.45. The van der Waals surface area contributed by atoms with Crippen molar-refractivity contribution in [1.29, 1.82) is 0 Å². The van der Waals surface area contributed by atoms with Crippen molar-refractivity contribution in [2.45, 2.75) is 38.0 Å². The molecular weight excluding hydrogens is 350 g/mol. The molecule has 0 amide bonds. The summed E-state index contributed by atoms with van der Waals surface area (Å²) in [4.78, 5) is 16.6. The van der Waals surface area contributed by atoms with E-state index in [1.807, 2.05) is 24.8 Å². The molecule has 1 aliphatic heterocycles. The van der Waals surface area contributed by atoms with Crippen molar-refractivity contribution >= 4 is 23.7 Å². The molecule has 1 aromatic carbocycles. The lowest BCUT2D eigenvalue weighted by molar-refractivity contribution is 0.0597. The Morgan fingerprint density at radius 3 is 2.77 bits per heavy atom. The fourth-order valence-corrected chi connectivity index (χ4v) is 4.13. The summed E-state index contributed by atoms with van der Waals surface area (Å²) in [6.07, 6.45) is 2.50. The highest BCUT2D eigenvalue weighted by atomic mass is 32.2. The molecule has 1 saturated heterocycles. The Labute approximate surface area is 160 Å². The molecule has 0 radical (unpaired) electrons. The Morgan fingerprint density at radius 2 is 2.15 bits per heavy atom. The number of esters is 1. The second kappa shape index (κ2) is 9.71. The van der Waals surface area contributed by atoms with E-state index >= 15 is 0 Å². The van der Waals surface area contributed by atoms with Crippen molar-refractivity contribution in [2.24, 2.45) is 4.99 Å². The van der Waals surface area contributed by atoms with Gasteiger partial charge in [0.25, 0.3) is 0 Å². The number of ether oxygens (including phenoxy) is 2. The van der Waals surface area contributed by atoms with Gasteiger partial charge in [-0.1, -0.05) is 6.07 Å². The molecule has 0 saturated carbocycles. The minimum atomic E-state index is -0.413. The maximum Gasteiger partial charge on any atom is 0.341 e. The Bertz CT molecular complexity index is 643. The predicted octanol–water partition coefficient (Wildman–Crippen LogP) is 2.82. The first-order valence-corrected chi connectivity index (χ1v) is 9.91. The maximum absolute atomic E-state index is 11.9. The summed E-state index contributed by atoms with van der Waals surface area (Å²) in [5.41, 5.74) is 1.33. The molecule has 0 bridgehead atoms. The van der Waals surface area contributed by atoms with E-state index in [0.717, 1.165) is 24.6 Å². The Balaban J connectivity index is 2.07. The molecule has 1 atom stereocenters. The van der Waals surface area contributed by atoms with Gasteiger partial charge in [-0.15, -0.1) is 0 Å². The predicted molar refractivity (Wildman–Crippen MR) is 107 cm³/mol. The van der Waals surface area contributed by atoms with Crippen LogP contribution in [0.25, 0.3) is 0 Å². The van der Waals surface area contributed by atoms with Crippen LogP contribution in [0, 0.1) is 0 Å². The number of rotatable bonds is 7. The number of aliphatic imine (C=N–C) groups is 1. The normalized spacial score (nSPS) is 19.9. The molecular formula is C19H29N3O3S. The van der Waals surface area contributed by atoms with Crippen LogP contribution in [0.1, 0.15) is 42.6 Å². The lowest BCUT2D eigenvalue weighted by atomic mass is 10.1. The van der Waals surface area contributed by atoms with E-state index in [4.69, 9.17) is 9.47 Å². The zero-order valence-corrected chi connectivity index (χ0v) is 16.9. The van der Waals surface area contributed by atoms with Gasteiger partial charge < -0.3 is 20.1 Å². The topological polar surface area (TPSA) is 72.0 Å². The smallest absolute Gasteiger partial charge is 0.341 e. The van der Waals surface area contributed by atoms with Gasteiger partial charge in [-0.2, -0.15) is 11.8 Å². The first-order valence-electron chi connectivity index (χ1n) is 8.92. The molecule has 144 valence electrons. The Hall–Kier alpha value is -1.89. The number of nitrogens with one attached hydrogen (secondary N) is 2. The molecule has 1 fully saturated rings. The fourth-order valence-electron chi connectivity index (χ4n) is 2.88. The van der Waals surface area contributed by atoms with Gasteiger partial charge in [0.15, 0.2) is 5.96 Å². The fraction of sp³-hybridized carbons (Fsp3) is 0.579. The quantitative estimate of drug-likeness (QED) is 0.431. The highest BCUT2D eigenvalue weighted by molar-refractivity contribution is 8.00. The van der Waals surface area contributed by atoms with Crippen LogP contribution in [0.4, 0.5) is 0 Å². The molecule has 1 aliphatic rings. The number of hydrogen-bond donors (Lipinski definition) is 2. The van der Waals surface area contributed by atoms with E-state index in [1.54, 1.807) is 12.1 Å². The third-order valence-electron chi connectivity index (χ3n) is 4.36. The SMILES string of the molecule is CCNC(=NCc1ccc(OC)c(C(=O)OC)c1)NCC1(C)CCCS1. The largest absolute Gasteiger partial charge is 0.496 e. The third kappa shape index (κ3) is 5.56. The average molecular weight is 380 g/mol. The molecule has 0 spiro atoms. The van der Waals surface area contributed by atoms with Gasteiger partial charge in [-0.3, -0.25) is 0 Å². The minimum Gasteiger partial charge on any atom is -0.496 e. The number of methoxy groups -OCH3 is 2. The van der Waals surface area contributed by atoms with Gasteiger partial charge in [0.2, 0.25) is 0 Å². The molecule has 6 nitrogen and oxygen atoms in total. The minimum absolute atomic E-state index is 0.272. The highest BCUT2D eigenvalue weighted by Gasteiger charge is 2.29. The molecule has 1 aromatic rings. The van der Waals surface area contributed by atoms with E-state index in [0.29, 0.717) is 17.9 Å². The number of guanidine groups is 1. The van der Waals surface area contributed by atoms with Crippen molar-refractivity contribution in [3.8, 4) is 5.75 Å². The molecule has 2 N–H and O–H groups in total. The van der Waals surface area contributed by atoms with Crippen LogP contribution in [0.15, 0.2) is 23.2 Å². The average Bonchev–Trinajstić information content (AvgIpc) is 3.10. The lowest BCUT2D eigenvalue weighted by Crippen LogP contribution is -2.43. The van der Waals surface area contributed by atoms with Gasteiger partial charge in [0, 0.05) is 17.8 Å². The van der Waals surface area contributed by atoms with Gasteiger partial charge >= 0.3 is 5.97 Å². The van der Waals surface area contributed by atoms with E-state index in [9.17, 15) is 4.79 Å². The molecule has 1 heterocycles. The highest BCUT2D eigenvalue weighted by Crippen LogP contribution is 2.36. The molecule has 26 heavy (non-hydrogen) atoms. The number of carbonyl (C=O) groups is 1. The zero-order chi connectivity index (χ0) is 19.0. The van der Waals surface area contributed by atoms with Crippen LogP contribution >= 0.6 is 11.8 Å². The second-order valence-electron chi connectivity index (χ2n) is 6.48. The Kier molecular flexibility index (Phi) is 7.63. The van der Waals surface area contributed by atoms with Gasteiger partial charge in [-0.25, -0.2) is 9.79 Å². The summed E-state index contributed by atoms with van der Waals surface area (Å²) in [5.74, 6) is 2.11. The molecule has 7 heteroatoms. The monoisotopic (exact) mass is 379 g/mol. The summed E-state index contributed by atoms with van der Waals surface area (Å²) in [6.45, 7) is 6.50. The van der Waals surface area contributed by atoms with Crippen LogP contribution in [-0.2, 0) is 11.3 Å². The van der Waals surface area contributed by atoms with Crippen LogP contribution in [-0.4, -0.2) is 49.7 Å². The van der Waals surface area contributed by atoms with E-state index in [2.05, 4.69) is 22.5 Å². The van der Waals surface area contributed by atoms with Gasteiger partial charge in [-0.05, 0) is 50.1 Å². The van der Waals surface area contributed by atoms with Crippen LogP contribution in [0.2, 0.25) is 0 Å². The number of nitrogens with zero attached hydrogens (tertiary/aromatic N) is 1. The van der Waals surface area contributed by atoms with E-state index in [-0.39, 0.29) is 4.75 Å². The number of hydrogen-bond acceptors (Lipinski definition) is 5.